The molecule has 29 heavy (non-hydrogen) atoms. The molecule has 4 bridgehead atoms. The van der Waals surface area contributed by atoms with Crippen LogP contribution in [0.15, 0.2) is 35.3 Å². The highest BCUT2D eigenvalue weighted by Crippen LogP contribution is 2.61. The van der Waals surface area contributed by atoms with Crippen LogP contribution in [0.4, 0.5) is 5.69 Å². The number of nitrogens with one attached hydrogen (secondary N) is 1. The minimum atomic E-state index is -0.563. The number of hydrogen-bond donors (Lipinski definition) is 2. The normalized spacial score (nSPS) is 29.9. The number of fused-ring (bicyclic) bond motifs is 1. The summed E-state index contributed by atoms with van der Waals surface area (Å²) in [4.78, 5) is 36.8. The van der Waals surface area contributed by atoms with Gasteiger partial charge in [-0.25, -0.2) is 0 Å². The average molecular weight is 393 g/mol. The molecule has 1 heterocycles. The van der Waals surface area contributed by atoms with Crippen molar-refractivity contribution in [1.82, 2.24) is 4.57 Å². The first kappa shape index (κ1) is 18.4. The van der Waals surface area contributed by atoms with Gasteiger partial charge in [-0.3, -0.25) is 14.4 Å². The highest BCUT2D eigenvalue weighted by Gasteiger charge is 2.51. The molecule has 3 N–H and O–H groups in total. The van der Waals surface area contributed by atoms with Crippen molar-refractivity contribution in [3.63, 3.8) is 0 Å². The molecule has 2 amide bonds. The fourth-order valence-corrected chi connectivity index (χ4v) is 6.76. The molecular formula is C23H27N3O3. The molecule has 4 aliphatic carbocycles. The third kappa shape index (κ3) is 3.34. The van der Waals surface area contributed by atoms with Crippen molar-refractivity contribution in [3.05, 3.63) is 40.8 Å². The maximum Gasteiger partial charge on any atom is 0.258 e. The number of aromatic nitrogens is 1. The molecule has 152 valence electrons. The van der Waals surface area contributed by atoms with Crippen LogP contribution in [-0.4, -0.2) is 16.4 Å². The number of rotatable bonds is 5. The lowest BCUT2D eigenvalue weighted by Gasteiger charge is -2.56. The quantitative estimate of drug-likeness (QED) is 0.817. The van der Waals surface area contributed by atoms with Gasteiger partial charge in [0.25, 0.3) is 5.56 Å². The van der Waals surface area contributed by atoms with E-state index in [1.165, 1.54) is 43.1 Å². The molecule has 0 aliphatic heterocycles. The number of pyridine rings is 1. The third-order valence-electron chi connectivity index (χ3n) is 7.32. The summed E-state index contributed by atoms with van der Waals surface area (Å²) in [6.07, 6.45) is 9.81. The van der Waals surface area contributed by atoms with Crippen LogP contribution in [0.3, 0.4) is 0 Å². The summed E-state index contributed by atoms with van der Waals surface area (Å²) in [5.74, 6) is 1.92. The molecule has 1 aromatic heterocycles. The third-order valence-corrected chi connectivity index (χ3v) is 7.32. The van der Waals surface area contributed by atoms with E-state index >= 15 is 0 Å². The summed E-state index contributed by atoms with van der Waals surface area (Å²) in [5, 5.41) is 4.23. The highest BCUT2D eigenvalue weighted by molar-refractivity contribution is 6.02. The van der Waals surface area contributed by atoms with Gasteiger partial charge in [0.05, 0.1) is 0 Å². The Balaban J connectivity index is 1.38. The molecule has 1 aromatic carbocycles. The second-order valence-corrected chi connectivity index (χ2v) is 9.62. The van der Waals surface area contributed by atoms with E-state index in [1.54, 1.807) is 24.4 Å². The monoisotopic (exact) mass is 393 g/mol. The highest BCUT2D eigenvalue weighted by atomic mass is 16.2. The van der Waals surface area contributed by atoms with Gasteiger partial charge in [0.2, 0.25) is 11.8 Å². The van der Waals surface area contributed by atoms with Crippen molar-refractivity contribution in [1.29, 1.82) is 0 Å². The molecule has 2 aromatic rings. The molecule has 4 saturated carbocycles. The molecule has 0 saturated heterocycles. The van der Waals surface area contributed by atoms with Gasteiger partial charge in [0.1, 0.15) is 6.54 Å². The molecule has 6 heteroatoms. The zero-order chi connectivity index (χ0) is 20.2. The Labute approximate surface area is 169 Å². The predicted octanol–water partition coefficient (Wildman–Crippen LogP) is 3.03. The maximum atomic E-state index is 13.0. The first-order valence-electron chi connectivity index (χ1n) is 10.6. The molecule has 6 rings (SSSR count). The summed E-state index contributed by atoms with van der Waals surface area (Å²) in [5.41, 5.74) is 5.77. The van der Waals surface area contributed by atoms with Crippen LogP contribution in [0.5, 0.6) is 0 Å². The Morgan fingerprint density at radius 3 is 2.31 bits per heavy atom. The molecule has 4 fully saturated rings. The van der Waals surface area contributed by atoms with Gasteiger partial charge < -0.3 is 15.6 Å². The maximum absolute atomic E-state index is 13.0. The molecule has 4 aliphatic rings. The summed E-state index contributed by atoms with van der Waals surface area (Å²) in [7, 11) is 0. The molecule has 0 spiro atoms. The van der Waals surface area contributed by atoms with E-state index in [1.807, 2.05) is 6.07 Å². The zero-order valence-electron chi connectivity index (χ0n) is 16.5. The van der Waals surface area contributed by atoms with E-state index in [-0.39, 0.29) is 23.4 Å². The fourth-order valence-electron chi connectivity index (χ4n) is 6.76. The first-order chi connectivity index (χ1) is 13.9. The number of carbonyl (C=O) groups excluding carboxylic acids is 2. The van der Waals surface area contributed by atoms with Gasteiger partial charge in [0.15, 0.2) is 0 Å². The minimum absolute atomic E-state index is 0.0424. The smallest absolute Gasteiger partial charge is 0.258 e. The summed E-state index contributed by atoms with van der Waals surface area (Å²) in [6.45, 7) is -0.155. The van der Waals surface area contributed by atoms with Crippen LogP contribution >= 0.6 is 0 Å². The van der Waals surface area contributed by atoms with Gasteiger partial charge in [-0.15, -0.1) is 0 Å². The Morgan fingerprint density at radius 1 is 1.03 bits per heavy atom. The van der Waals surface area contributed by atoms with E-state index in [4.69, 9.17) is 5.73 Å². The Kier molecular flexibility index (Phi) is 4.26. The van der Waals surface area contributed by atoms with Gasteiger partial charge >= 0.3 is 0 Å². The van der Waals surface area contributed by atoms with Crippen LogP contribution in [-0.2, 0) is 16.1 Å². The second kappa shape index (κ2) is 6.71. The van der Waals surface area contributed by atoms with Crippen LogP contribution < -0.4 is 16.6 Å². The van der Waals surface area contributed by atoms with Crippen LogP contribution in [0.2, 0.25) is 0 Å². The van der Waals surface area contributed by atoms with Crippen LogP contribution in [0, 0.1) is 23.2 Å². The van der Waals surface area contributed by atoms with Crippen molar-refractivity contribution < 1.29 is 9.59 Å². The van der Waals surface area contributed by atoms with Crippen LogP contribution in [0.1, 0.15) is 44.9 Å². The SMILES string of the molecule is NC(=O)Cn1ccc2c(NC(=O)CC34CC5CC(CC(C5)C3)C4)cccc2c1=O. The number of carbonyl (C=O) groups is 2. The largest absolute Gasteiger partial charge is 0.368 e. The lowest BCUT2D eigenvalue weighted by Crippen LogP contribution is -2.47. The van der Waals surface area contributed by atoms with Crippen molar-refractivity contribution >= 4 is 28.3 Å². The first-order valence-corrected chi connectivity index (χ1v) is 10.6. The fraction of sp³-hybridized carbons (Fsp3) is 0.522. The second-order valence-electron chi connectivity index (χ2n) is 9.62. The summed E-state index contributed by atoms with van der Waals surface area (Å²) < 4.78 is 1.30. The predicted molar refractivity (Wildman–Crippen MR) is 111 cm³/mol. The number of anilines is 1. The number of primary amides is 1. The number of amides is 2. The summed E-state index contributed by atoms with van der Waals surface area (Å²) in [6, 6.07) is 7.07. The van der Waals surface area contributed by atoms with Crippen LogP contribution in [0.25, 0.3) is 10.8 Å². The van der Waals surface area contributed by atoms with Crippen molar-refractivity contribution in [3.8, 4) is 0 Å². The van der Waals surface area contributed by atoms with Crippen molar-refractivity contribution in [2.24, 2.45) is 28.9 Å². The van der Waals surface area contributed by atoms with E-state index in [0.29, 0.717) is 22.9 Å². The van der Waals surface area contributed by atoms with E-state index in [0.717, 1.165) is 17.8 Å². The number of nitrogens with two attached hydrogens (primary N) is 1. The number of nitrogens with zero attached hydrogens (tertiary/aromatic N) is 1. The van der Waals surface area contributed by atoms with E-state index in [9.17, 15) is 14.4 Å². The van der Waals surface area contributed by atoms with E-state index in [2.05, 4.69) is 5.32 Å². The number of benzene rings is 1. The molecule has 0 atom stereocenters. The summed E-state index contributed by atoms with van der Waals surface area (Å²) >= 11 is 0. The standard InChI is InChI=1S/C23H27N3O3/c24-20(27)13-26-5-4-17-18(22(26)29)2-1-3-19(17)25-21(28)12-23-9-14-6-15(10-23)8-16(7-14)11-23/h1-5,14-16H,6-13H2,(H2,24,27)(H,25,28). The van der Waals surface area contributed by atoms with Gasteiger partial charge in [-0.2, -0.15) is 0 Å². The van der Waals surface area contributed by atoms with E-state index < -0.39 is 5.91 Å². The molecular weight excluding hydrogens is 366 g/mol. The Hall–Kier alpha value is -2.63. The minimum Gasteiger partial charge on any atom is -0.368 e. The number of hydrogen-bond acceptors (Lipinski definition) is 3. The van der Waals surface area contributed by atoms with Crippen molar-refractivity contribution in [2.45, 2.75) is 51.5 Å². The van der Waals surface area contributed by atoms with Gasteiger partial charge in [-0.05, 0) is 79.9 Å². The lowest BCUT2D eigenvalue weighted by atomic mass is 9.49. The molecule has 6 nitrogen and oxygen atoms in total. The van der Waals surface area contributed by atoms with Crippen molar-refractivity contribution in [2.75, 3.05) is 5.32 Å². The topological polar surface area (TPSA) is 94.2 Å². The Bertz CT molecular complexity index is 1020. The molecule has 0 unspecified atom stereocenters. The van der Waals surface area contributed by atoms with Gasteiger partial charge in [-0.1, -0.05) is 6.07 Å². The average Bonchev–Trinajstić information content (AvgIpc) is 2.62. The molecule has 0 radical (unpaired) electrons. The zero-order valence-corrected chi connectivity index (χ0v) is 16.5. The Morgan fingerprint density at radius 2 is 1.69 bits per heavy atom. The lowest BCUT2D eigenvalue weighted by molar-refractivity contribution is -0.124. The van der Waals surface area contributed by atoms with Gasteiger partial charge in [0, 0.05) is 29.1 Å².